The monoisotopic (exact) mass is 344 g/mol. The van der Waals surface area contributed by atoms with Crippen LogP contribution in [0, 0.1) is 0 Å². The fourth-order valence-corrected chi connectivity index (χ4v) is 2.64. The van der Waals surface area contributed by atoms with Gasteiger partial charge in [-0.15, -0.1) is 0 Å². The lowest BCUT2D eigenvalue weighted by Gasteiger charge is -2.26. The van der Waals surface area contributed by atoms with E-state index in [0.29, 0.717) is 0 Å². The van der Waals surface area contributed by atoms with Crippen LogP contribution in [0.1, 0.15) is 25.7 Å². The Balaban J connectivity index is 1.96. The lowest BCUT2D eigenvalue weighted by Crippen LogP contribution is -2.43. The SMILES string of the molecule is NC1CCC(NC(=O)Cn2cc(Br)c(=O)[nH]c2=O)CC1. The normalized spacial score (nSPS) is 22.5. The third-order valence-corrected chi connectivity index (χ3v) is 3.98. The van der Waals surface area contributed by atoms with Crippen molar-refractivity contribution >= 4 is 21.8 Å². The number of nitrogens with two attached hydrogens (primary N) is 1. The van der Waals surface area contributed by atoms with Gasteiger partial charge in [-0.3, -0.25) is 19.1 Å². The van der Waals surface area contributed by atoms with Crippen molar-refractivity contribution in [2.45, 2.75) is 44.3 Å². The smallest absolute Gasteiger partial charge is 0.328 e. The highest BCUT2D eigenvalue weighted by atomic mass is 79.9. The third kappa shape index (κ3) is 3.80. The Morgan fingerprint density at radius 1 is 1.40 bits per heavy atom. The molecule has 0 aromatic carbocycles. The maximum Gasteiger partial charge on any atom is 0.328 e. The zero-order valence-corrected chi connectivity index (χ0v) is 12.5. The van der Waals surface area contributed by atoms with Crippen LogP contribution in [0.4, 0.5) is 0 Å². The second-order valence-corrected chi connectivity index (χ2v) is 5.90. The summed E-state index contributed by atoms with van der Waals surface area (Å²) in [6, 6.07) is 0.338. The van der Waals surface area contributed by atoms with E-state index in [-0.39, 0.29) is 29.0 Å². The molecule has 0 bridgehead atoms. The summed E-state index contributed by atoms with van der Waals surface area (Å²) in [5.41, 5.74) is 4.70. The number of aromatic nitrogens is 2. The number of nitrogens with zero attached hydrogens (tertiary/aromatic N) is 1. The molecule has 0 atom stereocenters. The van der Waals surface area contributed by atoms with Gasteiger partial charge < -0.3 is 11.1 Å². The molecule has 20 heavy (non-hydrogen) atoms. The van der Waals surface area contributed by atoms with Crippen molar-refractivity contribution in [3.63, 3.8) is 0 Å². The summed E-state index contributed by atoms with van der Waals surface area (Å²) in [6.45, 7) is -0.114. The Labute approximate surface area is 123 Å². The molecule has 0 aliphatic heterocycles. The lowest BCUT2D eigenvalue weighted by molar-refractivity contribution is -0.122. The molecule has 1 fully saturated rings. The quantitative estimate of drug-likeness (QED) is 0.698. The Morgan fingerprint density at radius 2 is 2.05 bits per heavy atom. The van der Waals surface area contributed by atoms with Crippen LogP contribution in [-0.2, 0) is 11.3 Å². The number of hydrogen-bond donors (Lipinski definition) is 3. The summed E-state index contributed by atoms with van der Waals surface area (Å²) < 4.78 is 1.38. The molecule has 1 aromatic heterocycles. The molecule has 0 spiro atoms. The molecule has 7 nitrogen and oxygen atoms in total. The Morgan fingerprint density at radius 3 is 2.70 bits per heavy atom. The van der Waals surface area contributed by atoms with Gasteiger partial charge in [0.05, 0.1) is 4.47 Å². The topological polar surface area (TPSA) is 110 Å². The van der Waals surface area contributed by atoms with Crippen LogP contribution in [0.2, 0.25) is 0 Å². The predicted octanol–water partition coefficient (Wildman–Crippen LogP) is -0.315. The van der Waals surface area contributed by atoms with Gasteiger partial charge in [0.15, 0.2) is 0 Å². The van der Waals surface area contributed by atoms with Crippen LogP contribution in [0.5, 0.6) is 0 Å². The van der Waals surface area contributed by atoms with Gasteiger partial charge in [0.2, 0.25) is 5.91 Å². The largest absolute Gasteiger partial charge is 0.352 e. The first-order valence-corrected chi connectivity index (χ1v) is 7.29. The van der Waals surface area contributed by atoms with E-state index in [1.54, 1.807) is 0 Å². The Bertz CT molecular complexity index is 601. The van der Waals surface area contributed by atoms with Gasteiger partial charge in [0.25, 0.3) is 5.56 Å². The number of H-pyrrole nitrogens is 1. The summed E-state index contributed by atoms with van der Waals surface area (Å²) >= 11 is 3.03. The highest BCUT2D eigenvalue weighted by molar-refractivity contribution is 9.10. The number of halogens is 1. The molecule has 0 saturated heterocycles. The predicted molar refractivity (Wildman–Crippen MR) is 77.4 cm³/mol. The number of amides is 1. The Kier molecular flexibility index (Phi) is 4.77. The van der Waals surface area contributed by atoms with E-state index < -0.39 is 11.2 Å². The average molecular weight is 345 g/mol. The molecule has 8 heteroatoms. The standard InChI is InChI=1S/C12H17BrN4O3/c13-9-5-17(12(20)16-11(9)19)6-10(18)15-8-3-1-7(14)2-4-8/h5,7-8H,1-4,6,14H2,(H,15,18)(H,16,19,20). The van der Waals surface area contributed by atoms with Crippen LogP contribution in [-0.4, -0.2) is 27.5 Å². The molecule has 2 rings (SSSR count). The van der Waals surface area contributed by atoms with E-state index in [1.165, 1.54) is 6.20 Å². The van der Waals surface area contributed by atoms with Crippen LogP contribution < -0.4 is 22.3 Å². The fourth-order valence-electron chi connectivity index (χ4n) is 2.29. The van der Waals surface area contributed by atoms with Gasteiger partial charge in [0, 0.05) is 18.3 Å². The van der Waals surface area contributed by atoms with Crippen LogP contribution in [0.25, 0.3) is 0 Å². The molecule has 1 heterocycles. The number of carbonyl (C=O) groups is 1. The van der Waals surface area contributed by atoms with E-state index in [2.05, 4.69) is 26.2 Å². The molecule has 1 saturated carbocycles. The van der Waals surface area contributed by atoms with Crippen molar-refractivity contribution in [3.8, 4) is 0 Å². The van der Waals surface area contributed by atoms with Crippen molar-refractivity contribution in [3.05, 3.63) is 31.5 Å². The summed E-state index contributed by atoms with van der Waals surface area (Å²) in [5.74, 6) is -0.244. The first kappa shape index (κ1) is 15.0. The van der Waals surface area contributed by atoms with Crippen LogP contribution in [0.15, 0.2) is 20.3 Å². The Hall–Kier alpha value is -1.41. The molecular formula is C12H17BrN4O3. The van der Waals surface area contributed by atoms with Crippen LogP contribution >= 0.6 is 15.9 Å². The minimum absolute atomic E-state index is 0.114. The van der Waals surface area contributed by atoms with Crippen molar-refractivity contribution < 1.29 is 4.79 Å². The molecule has 110 valence electrons. The molecule has 1 amide bonds. The second kappa shape index (κ2) is 6.36. The van der Waals surface area contributed by atoms with E-state index in [9.17, 15) is 14.4 Å². The summed E-state index contributed by atoms with van der Waals surface area (Å²) in [7, 11) is 0. The first-order valence-electron chi connectivity index (χ1n) is 6.50. The number of aromatic amines is 1. The van der Waals surface area contributed by atoms with Crippen molar-refractivity contribution in [1.29, 1.82) is 0 Å². The van der Waals surface area contributed by atoms with Crippen molar-refractivity contribution in [2.24, 2.45) is 5.73 Å². The molecule has 1 aliphatic carbocycles. The molecule has 0 unspecified atom stereocenters. The van der Waals surface area contributed by atoms with E-state index in [4.69, 9.17) is 5.73 Å². The third-order valence-electron chi connectivity index (χ3n) is 3.42. The van der Waals surface area contributed by atoms with E-state index in [1.807, 2.05) is 0 Å². The summed E-state index contributed by atoms with van der Waals surface area (Å²) in [4.78, 5) is 36.8. The lowest BCUT2D eigenvalue weighted by atomic mass is 9.92. The van der Waals surface area contributed by atoms with E-state index >= 15 is 0 Å². The maximum absolute atomic E-state index is 11.9. The molecular weight excluding hydrogens is 328 g/mol. The average Bonchev–Trinajstić information content (AvgIpc) is 2.39. The minimum atomic E-state index is -0.598. The van der Waals surface area contributed by atoms with Gasteiger partial charge in [-0.05, 0) is 41.6 Å². The first-order chi connectivity index (χ1) is 9.45. The van der Waals surface area contributed by atoms with Gasteiger partial charge in [-0.1, -0.05) is 0 Å². The second-order valence-electron chi connectivity index (χ2n) is 5.04. The molecule has 1 aliphatic rings. The highest BCUT2D eigenvalue weighted by Crippen LogP contribution is 2.16. The van der Waals surface area contributed by atoms with E-state index in [0.717, 1.165) is 30.3 Å². The number of rotatable bonds is 3. The van der Waals surface area contributed by atoms with Crippen molar-refractivity contribution in [2.75, 3.05) is 0 Å². The minimum Gasteiger partial charge on any atom is -0.352 e. The number of carbonyl (C=O) groups excluding carboxylic acids is 1. The van der Waals surface area contributed by atoms with Gasteiger partial charge in [0.1, 0.15) is 6.54 Å². The maximum atomic E-state index is 11.9. The molecule has 0 radical (unpaired) electrons. The van der Waals surface area contributed by atoms with Gasteiger partial charge in [-0.2, -0.15) is 0 Å². The molecule has 1 aromatic rings. The summed E-state index contributed by atoms with van der Waals surface area (Å²) in [5, 5.41) is 2.89. The number of hydrogen-bond acceptors (Lipinski definition) is 4. The molecule has 4 N–H and O–H groups in total. The van der Waals surface area contributed by atoms with Gasteiger partial charge in [-0.25, -0.2) is 4.79 Å². The highest BCUT2D eigenvalue weighted by Gasteiger charge is 2.20. The summed E-state index contributed by atoms with van der Waals surface area (Å²) in [6.07, 6.45) is 4.83. The fraction of sp³-hybridized carbons (Fsp3) is 0.583. The van der Waals surface area contributed by atoms with Gasteiger partial charge >= 0.3 is 5.69 Å². The van der Waals surface area contributed by atoms with Crippen LogP contribution in [0.3, 0.4) is 0 Å². The zero-order chi connectivity index (χ0) is 14.7. The zero-order valence-electron chi connectivity index (χ0n) is 10.9. The number of nitrogens with one attached hydrogen (secondary N) is 2. The van der Waals surface area contributed by atoms with Crippen molar-refractivity contribution in [1.82, 2.24) is 14.9 Å².